The fraction of sp³-hybridized carbons (Fsp3) is 0.357. The number of halogens is 1. The van der Waals surface area contributed by atoms with E-state index in [0.717, 1.165) is 53.2 Å². The number of aromatic nitrogens is 1. The maximum Gasteiger partial charge on any atom is 0.250 e. The number of amides is 1. The molecule has 2 N–H and O–H groups in total. The highest BCUT2D eigenvalue weighted by atomic mass is 35.5. The number of rotatable bonds is 7. The molecule has 0 spiro atoms. The first-order chi connectivity index (χ1) is 16.5. The van der Waals surface area contributed by atoms with Gasteiger partial charge in [-0.05, 0) is 65.3 Å². The first-order valence-electron chi connectivity index (χ1n) is 12.0. The van der Waals surface area contributed by atoms with E-state index < -0.39 is 0 Å². The summed E-state index contributed by atoms with van der Waals surface area (Å²) in [6.07, 6.45) is 4.07. The summed E-state index contributed by atoms with van der Waals surface area (Å²) in [5, 5.41) is 7.20. The number of benzene rings is 2. The molecule has 2 atom stereocenters. The molecule has 1 fully saturated rings. The predicted molar refractivity (Wildman–Crippen MR) is 139 cm³/mol. The van der Waals surface area contributed by atoms with Crippen LogP contribution in [0.1, 0.15) is 48.3 Å². The van der Waals surface area contributed by atoms with Crippen LogP contribution in [0.3, 0.4) is 0 Å². The second-order valence-corrected chi connectivity index (χ2v) is 9.37. The van der Waals surface area contributed by atoms with Crippen LogP contribution in [0.15, 0.2) is 65.6 Å². The monoisotopic (exact) mass is 477 g/mol. The lowest BCUT2D eigenvalue weighted by molar-refractivity contribution is -0.120. The summed E-state index contributed by atoms with van der Waals surface area (Å²) in [6.45, 7) is 4.22. The number of aryl methyl sites for hydroxylation is 1. The Balaban J connectivity index is 1.60. The number of piperidine rings is 1. The number of hydrogen-bond donors (Lipinski definition) is 2. The number of pyridine rings is 1. The third-order valence-electron chi connectivity index (χ3n) is 6.80. The third-order valence-corrected chi connectivity index (χ3v) is 7.13. The van der Waals surface area contributed by atoms with Gasteiger partial charge in [-0.25, -0.2) is 0 Å². The molecule has 1 aromatic heterocycles. The SMILES string of the molecule is CCC(=O)NCCc1ccccc1-c1ccc([C@H]2CNCC[C@@H]2c2ccn(C)c(=O)c2)c(Cl)c1. The molecule has 5 nitrogen and oxygen atoms in total. The number of carbonyl (C=O) groups excluding carboxylic acids is 1. The van der Waals surface area contributed by atoms with Gasteiger partial charge in [0.05, 0.1) is 0 Å². The van der Waals surface area contributed by atoms with Crippen LogP contribution in [-0.2, 0) is 18.3 Å². The largest absolute Gasteiger partial charge is 0.356 e. The van der Waals surface area contributed by atoms with Crippen molar-refractivity contribution >= 4 is 17.5 Å². The van der Waals surface area contributed by atoms with Gasteiger partial charge >= 0.3 is 0 Å². The zero-order valence-electron chi connectivity index (χ0n) is 19.8. The van der Waals surface area contributed by atoms with Gasteiger partial charge in [0.15, 0.2) is 0 Å². The van der Waals surface area contributed by atoms with Gasteiger partial charge in [-0.1, -0.05) is 54.9 Å². The van der Waals surface area contributed by atoms with Crippen LogP contribution < -0.4 is 16.2 Å². The van der Waals surface area contributed by atoms with Crippen LogP contribution in [0.4, 0.5) is 0 Å². The van der Waals surface area contributed by atoms with Crippen LogP contribution in [0, 0.1) is 0 Å². The normalized spacial score (nSPS) is 18.0. The van der Waals surface area contributed by atoms with Gasteiger partial charge in [-0.15, -0.1) is 0 Å². The number of nitrogens with one attached hydrogen (secondary N) is 2. The van der Waals surface area contributed by atoms with Crippen LogP contribution in [0.5, 0.6) is 0 Å². The van der Waals surface area contributed by atoms with Gasteiger partial charge in [0.25, 0.3) is 5.56 Å². The highest BCUT2D eigenvalue weighted by Gasteiger charge is 2.29. The quantitative estimate of drug-likeness (QED) is 0.521. The zero-order chi connectivity index (χ0) is 24.1. The van der Waals surface area contributed by atoms with Crippen molar-refractivity contribution in [1.82, 2.24) is 15.2 Å². The summed E-state index contributed by atoms with van der Waals surface area (Å²) < 4.78 is 1.60. The molecule has 0 saturated carbocycles. The number of carbonyl (C=O) groups is 1. The van der Waals surface area contributed by atoms with Crippen molar-refractivity contribution in [3.05, 3.63) is 92.9 Å². The lowest BCUT2D eigenvalue weighted by Crippen LogP contribution is -2.34. The minimum absolute atomic E-state index is 0.0166. The minimum atomic E-state index is 0.0166. The highest BCUT2D eigenvalue weighted by molar-refractivity contribution is 6.31. The Morgan fingerprint density at radius 2 is 1.97 bits per heavy atom. The molecule has 0 bridgehead atoms. The summed E-state index contributed by atoms with van der Waals surface area (Å²) >= 11 is 6.89. The van der Waals surface area contributed by atoms with E-state index in [-0.39, 0.29) is 23.3 Å². The summed E-state index contributed by atoms with van der Waals surface area (Å²) in [5.41, 5.74) is 5.58. The van der Waals surface area contributed by atoms with E-state index in [9.17, 15) is 9.59 Å². The summed E-state index contributed by atoms with van der Waals surface area (Å²) in [4.78, 5) is 23.9. The lowest BCUT2D eigenvalue weighted by Gasteiger charge is -2.33. The molecule has 1 aliphatic heterocycles. The van der Waals surface area contributed by atoms with Gasteiger partial charge < -0.3 is 15.2 Å². The summed E-state index contributed by atoms with van der Waals surface area (Å²) in [6, 6.07) is 18.4. The second-order valence-electron chi connectivity index (χ2n) is 8.96. The second kappa shape index (κ2) is 11.0. The predicted octanol–water partition coefficient (Wildman–Crippen LogP) is 4.64. The molecular weight excluding hydrogens is 446 g/mol. The molecule has 2 aromatic carbocycles. The number of hydrogen-bond acceptors (Lipinski definition) is 3. The molecule has 4 rings (SSSR count). The molecular formula is C28H32ClN3O2. The van der Waals surface area contributed by atoms with E-state index in [1.165, 1.54) is 5.56 Å². The Labute approximate surface area is 206 Å². The summed E-state index contributed by atoms with van der Waals surface area (Å²) in [5.74, 6) is 0.506. The van der Waals surface area contributed by atoms with E-state index in [2.05, 4.69) is 47.0 Å². The van der Waals surface area contributed by atoms with Gasteiger partial charge in [0.2, 0.25) is 5.91 Å². The number of nitrogens with zero attached hydrogens (tertiary/aromatic N) is 1. The van der Waals surface area contributed by atoms with Crippen LogP contribution in [0.2, 0.25) is 5.02 Å². The molecule has 6 heteroatoms. The fourth-order valence-corrected chi connectivity index (χ4v) is 5.18. The summed E-state index contributed by atoms with van der Waals surface area (Å²) in [7, 11) is 1.77. The van der Waals surface area contributed by atoms with Crippen LogP contribution in [-0.4, -0.2) is 30.1 Å². The van der Waals surface area contributed by atoms with E-state index in [4.69, 9.17) is 11.6 Å². The van der Waals surface area contributed by atoms with Crippen LogP contribution >= 0.6 is 11.6 Å². The third kappa shape index (κ3) is 5.43. The van der Waals surface area contributed by atoms with Gasteiger partial charge in [-0.2, -0.15) is 0 Å². The maximum absolute atomic E-state index is 12.3. The van der Waals surface area contributed by atoms with Crippen molar-refractivity contribution in [2.24, 2.45) is 7.05 Å². The van der Waals surface area contributed by atoms with Crippen LogP contribution in [0.25, 0.3) is 11.1 Å². The molecule has 0 aliphatic carbocycles. The van der Waals surface area contributed by atoms with E-state index in [0.29, 0.717) is 13.0 Å². The van der Waals surface area contributed by atoms with Crippen molar-refractivity contribution in [2.75, 3.05) is 19.6 Å². The Kier molecular flexibility index (Phi) is 7.86. The van der Waals surface area contributed by atoms with Gasteiger partial charge in [0.1, 0.15) is 0 Å². The molecule has 1 saturated heterocycles. The molecule has 1 amide bonds. The standard InChI is InChI=1S/C28H32ClN3O2/c1-3-27(33)31-14-10-19-6-4-5-7-22(19)20-8-9-24(26(29)16-20)25-18-30-13-11-23(25)21-12-15-32(2)28(34)17-21/h4-9,12,15-17,23,25,30H,3,10-11,13-14,18H2,1-2H3,(H,31,33)/t23-,25+/m1/s1. The lowest BCUT2D eigenvalue weighted by atomic mass is 9.77. The molecule has 0 radical (unpaired) electrons. The highest BCUT2D eigenvalue weighted by Crippen LogP contribution is 2.41. The van der Waals surface area contributed by atoms with E-state index >= 15 is 0 Å². The Hall–Kier alpha value is -2.89. The molecule has 0 unspecified atom stereocenters. The van der Waals surface area contributed by atoms with Crippen molar-refractivity contribution in [2.45, 2.75) is 38.0 Å². The molecule has 2 heterocycles. The average Bonchev–Trinajstić information content (AvgIpc) is 2.86. The van der Waals surface area contributed by atoms with E-state index in [1.807, 2.05) is 25.3 Å². The first kappa shape index (κ1) is 24.2. The molecule has 178 valence electrons. The van der Waals surface area contributed by atoms with Gasteiger partial charge in [0, 0.05) is 49.8 Å². The Morgan fingerprint density at radius 1 is 1.15 bits per heavy atom. The van der Waals surface area contributed by atoms with Crippen molar-refractivity contribution < 1.29 is 4.79 Å². The topological polar surface area (TPSA) is 63.1 Å². The Morgan fingerprint density at radius 3 is 2.74 bits per heavy atom. The maximum atomic E-state index is 12.3. The van der Waals surface area contributed by atoms with Crippen molar-refractivity contribution in [1.29, 1.82) is 0 Å². The van der Waals surface area contributed by atoms with E-state index in [1.54, 1.807) is 17.7 Å². The van der Waals surface area contributed by atoms with Crippen molar-refractivity contribution in [3.8, 4) is 11.1 Å². The first-order valence-corrected chi connectivity index (χ1v) is 12.4. The minimum Gasteiger partial charge on any atom is -0.356 e. The average molecular weight is 478 g/mol. The Bertz CT molecular complexity index is 1220. The molecule has 34 heavy (non-hydrogen) atoms. The molecule has 1 aliphatic rings. The van der Waals surface area contributed by atoms with Gasteiger partial charge in [-0.3, -0.25) is 9.59 Å². The molecule has 3 aromatic rings. The smallest absolute Gasteiger partial charge is 0.250 e. The van der Waals surface area contributed by atoms with Crippen molar-refractivity contribution in [3.63, 3.8) is 0 Å². The fourth-order valence-electron chi connectivity index (χ4n) is 4.86. The zero-order valence-corrected chi connectivity index (χ0v) is 20.6.